The topological polar surface area (TPSA) is 63.2 Å². The van der Waals surface area contributed by atoms with Crippen molar-refractivity contribution >= 4 is 5.97 Å². The number of benzene rings is 4. The van der Waals surface area contributed by atoms with Crippen molar-refractivity contribution in [1.29, 1.82) is 0 Å². The van der Waals surface area contributed by atoms with Gasteiger partial charge in [0.25, 0.3) is 0 Å². The summed E-state index contributed by atoms with van der Waals surface area (Å²) in [4.78, 5) is 12.8. The molecule has 0 bridgehead atoms. The summed E-state index contributed by atoms with van der Waals surface area (Å²) in [5, 5.41) is 0. The summed E-state index contributed by atoms with van der Waals surface area (Å²) >= 11 is 0. The highest BCUT2D eigenvalue weighted by Crippen LogP contribution is 2.28. The van der Waals surface area contributed by atoms with Gasteiger partial charge in [-0.1, -0.05) is 35.8 Å². The number of hydrogen-bond acceptors (Lipinski definition) is 6. The molecule has 4 rings (SSSR count). The molecule has 4 aromatic carbocycles. The molecule has 0 aromatic heterocycles. The second kappa shape index (κ2) is 15.6. The molecule has 0 N–H and O–H groups in total. The minimum atomic E-state index is -0.461. The van der Waals surface area contributed by atoms with E-state index in [1.54, 1.807) is 26.2 Å². The number of carbonyl (C=O) groups excluding carboxylic acids is 1. The highest BCUT2D eigenvalue weighted by atomic mass is 16.5. The van der Waals surface area contributed by atoms with Gasteiger partial charge in [-0.05, 0) is 99.1 Å². The summed E-state index contributed by atoms with van der Waals surface area (Å²) in [5.74, 6) is 15.1. The van der Waals surface area contributed by atoms with Crippen molar-refractivity contribution in [3.63, 3.8) is 0 Å². The molecule has 218 valence electrons. The number of ether oxygens (including phenoxy) is 5. The first-order valence-electron chi connectivity index (χ1n) is 14.1. The van der Waals surface area contributed by atoms with Gasteiger partial charge in [0.1, 0.15) is 23.9 Å². The fraction of sp³-hybridized carbons (Fsp3) is 0.216. The molecule has 6 nitrogen and oxygen atoms in total. The van der Waals surface area contributed by atoms with Gasteiger partial charge in [0, 0.05) is 11.1 Å². The Hall–Kier alpha value is -5.33. The normalized spacial score (nSPS) is 9.95. The lowest BCUT2D eigenvalue weighted by Crippen LogP contribution is -2.07. The van der Waals surface area contributed by atoms with E-state index >= 15 is 0 Å². The Morgan fingerprint density at radius 1 is 0.605 bits per heavy atom. The van der Waals surface area contributed by atoms with Crippen LogP contribution in [0.4, 0.5) is 0 Å². The lowest BCUT2D eigenvalue weighted by Gasteiger charge is -2.13. The molecule has 0 aliphatic carbocycles. The molecule has 0 saturated carbocycles. The van der Waals surface area contributed by atoms with Crippen LogP contribution in [0.5, 0.6) is 23.0 Å². The maximum absolute atomic E-state index is 12.8. The summed E-state index contributed by atoms with van der Waals surface area (Å²) < 4.78 is 28.0. The molecule has 43 heavy (non-hydrogen) atoms. The quantitative estimate of drug-likeness (QED) is 0.149. The molecule has 0 fully saturated rings. The Bertz CT molecular complexity index is 1540. The summed E-state index contributed by atoms with van der Waals surface area (Å²) in [6.45, 7) is 7.32. The average Bonchev–Trinajstić information content (AvgIpc) is 3.04. The van der Waals surface area contributed by atoms with Crippen molar-refractivity contribution in [3.05, 3.63) is 118 Å². The molecule has 0 aliphatic heterocycles. The van der Waals surface area contributed by atoms with Crippen molar-refractivity contribution in [2.75, 3.05) is 26.9 Å². The third-order valence-electron chi connectivity index (χ3n) is 6.16. The second-order valence-corrected chi connectivity index (χ2v) is 9.17. The minimum Gasteiger partial charge on any atom is -0.497 e. The first kappa shape index (κ1) is 30.6. The molecule has 0 heterocycles. The van der Waals surface area contributed by atoms with Crippen LogP contribution >= 0.6 is 0 Å². The maximum atomic E-state index is 12.8. The van der Waals surface area contributed by atoms with E-state index in [9.17, 15) is 4.79 Å². The van der Waals surface area contributed by atoms with E-state index in [0.717, 1.165) is 33.9 Å². The monoisotopic (exact) mass is 574 g/mol. The summed E-state index contributed by atoms with van der Waals surface area (Å²) in [6.07, 6.45) is 0. The molecule has 6 heteroatoms. The van der Waals surface area contributed by atoms with E-state index in [2.05, 4.69) is 23.7 Å². The van der Waals surface area contributed by atoms with E-state index in [-0.39, 0.29) is 13.2 Å². The highest BCUT2D eigenvalue weighted by molar-refractivity contribution is 5.91. The Morgan fingerprint density at radius 2 is 1.09 bits per heavy atom. The Labute approximate surface area is 253 Å². The van der Waals surface area contributed by atoms with Crippen molar-refractivity contribution in [2.45, 2.75) is 27.4 Å². The fourth-order valence-electron chi connectivity index (χ4n) is 4.06. The van der Waals surface area contributed by atoms with Gasteiger partial charge in [-0.15, -0.1) is 0 Å². The van der Waals surface area contributed by atoms with Crippen molar-refractivity contribution in [1.82, 2.24) is 0 Å². The highest BCUT2D eigenvalue weighted by Gasteiger charge is 2.16. The van der Waals surface area contributed by atoms with Crippen LogP contribution in [0.3, 0.4) is 0 Å². The van der Waals surface area contributed by atoms with Crippen LogP contribution in [-0.4, -0.2) is 32.9 Å². The van der Waals surface area contributed by atoms with Crippen molar-refractivity contribution in [3.8, 4) is 46.7 Å². The first-order valence-corrected chi connectivity index (χ1v) is 14.1. The van der Waals surface area contributed by atoms with Crippen LogP contribution in [0.15, 0.2) is 84.9 Å². The van der Waals surface area contributed by atoms with E-state index in [1.807, 2.05) is 86.6 Å². The first-order chi connectivity index (χ1) is 21.0. The Morgan fingerprint density at radius 3 is 1.53 bits per heavy atom. The summed E-state index contributed by atoms with van der Waals surface area (Å²) in [5.41, 5.74) is 3.88. The number of methoxy groups -OCH3 is 1. The van der Waals surface area contributed by atoms with E-state index in [1.165, 1.54) is 0 Å². The van der Waals surface area contributed by atoms with Crippen LogP contribution in [0.25, 0.3) is 0 Å². The van der Waals surface area contributed by atoms with Gasteiger partial charge >= 0.3 is 5.97 Å². The van der Waals surface area contributed by atoms with Gasteiger partial charge in [0.15, 0.2) is 5.75 Å². The average molecular weight is 575 g/mol. The zero-order valence-corrected chi connectivity index (χ0v) is 24.9. The predicted octanol–water partition coefficient (Wildman–Crippen LogP) is 7.05. The molecule has 0 unspecified atom stereocenters. The van der Waals surface area contributed by atoms with E-state index < -0.39 is 5.97 Å². The van der Waals surface area contributed by atoms with E-state index in [0.29, 0.717) is 35.7 Å². The SMILES string of the molecule is CCOC(=O)c1cc(C#Cc2ccc(OCC)cc2)c(OCc2ccc(OC)cc2)c(C#Cc2ccc(OCC)cc2)c1. The van der Waals surface area contributed by atoms with Crippen LogP contribution < -0.4 is 18.9 Å². The fourth-order valence-corrected chi connectivity index (χ4v) is 4.06. The van der Waals surface area contributed by atoms with Gasteiger partial charge in [0.2, 0.25) is 0 Å². The second-order valence-electron chi connectivity index (χ2n) is 9.17. The molecule has 0 amide bonds. The van der Waals surface area contributed by atoms with Gasteiger partial charge in [-0.3, -0.25) is 0 Å². The molecule has 4 aromatic rings. The standard InChI is InChI=1S/C37H34O6/c1-5-40-34-20-10-27(11-21-34)8-16-30-24-32(37(38)42-7-3)25-31(17-9-28-12-22-35(23-13-28)41-6-2)36(30)43-26-29-14-18-33(39-4)19-15-29/h10-15,18-25H,5-7,26H2,1-4H3. The van der Waals surface area contributed by atoms with E-state index in [4.69, 9.17) is 23.7 Å². The van der Waals surface area contributed by atoms with Crippen LogP contribution in [0.1, 0.15) is 58.9 Å². The molecule has 0 radical (unpaired) electrons. The van der Waals surface area contributed by atoms with Gasteiger partial charge in [-0.2, -0.15) is 0 Å². The maximum Gasteiger partial charge on any atom is 0.338 e. The zero-order valence-electron chi connectivity index (χ0n) is 24.9. The predicted molar refractivity (Wildman–Crippen MR) is 167 cm³/mol. The van der Waals surface area contributed by atoms with Gasteiger partial charge in [-0.25, -0.2) is 4.79 Å². The molecular formula is C37H34O6. The molecule has 0 spiro atoms. The Kier molecular flexibility index (Phi) is 11.1. The summed E-state index contributed by atoms with van der Waals surface area (Å²) in [7, 11) is 1.63. The smallest absolute Gasteiger partial charge is 0.338 e. The number of rotatable bonds is 10. The lowest BCUT2D eigenvalue weighted by atomic mass is 10.0. The van der Waals surface area contributed by atoms with Crippen LogP contribution in [0.2, 0.25) is 0 Å². The molecule has 0 aliphatic rings. The van der Waals surface area contributed by atoms with Gasteiger partial charge < -0.3 is 23.7 Å². The number of carbonyl (C=O) groups is 1. The summed E-state index contributed by atoms with van der Waals surface area (Å²) in [6, 6.07) is 26.0. The third kappa shape index (κ3) is 8.83. The van der Waals surface area contributed by atoms with Crippen molar-refractivity contribution in [2.24, 2.45) is 0 Å². The largest absolute Gasteiger partial charge is 0.497 e. The zero-order chi connectivity index (χ0) is 30.4. The molecule has 0 atom stereocenters. The number of hydrogen-bond donors (Lipinski definition) is 0. The molecule has 0 saturated heterocycles. The number of esters is 1. The molecular weight excluding hydrogens is 540 g/mol. The van der Waals surface area contributed by atoms with Crippen LogP contribution in [0, 0.1) is 23.7 Å². The van der Waals surface area contributed by atoms with Gasteiger partial charge in [0.05, 0.1) is 43.6 Å². The third-order valence-corrected chi connectivity index (χ3v) is 6.16. The van der Waals surface area contributed by atoms with Crippen molar-refractivity contribution < 1.29 is 28.5 Å². The minimum absolute atomic E-state index is 0.245. The van der Waals surface area contributed by atoms with Crippen LogP contribution in [-0.2, 0) is 11.3 Å². The Balaban J connectivity index is 1.78. The lowest BCUT2D eigenvalue weighted by molar-refractivity contribution is 0.0526.